The van der Waals surface area contributed by atoms with Gasteiger partial charge in [-0.3, -0.25) is 9.69 Å². The molecule has 1 heterocycles. The largest absolute Gasteiger partial charge is 0.490 e. The average molecular weight is 460 g/mol. The number of amides is 1. The molecule has 0 atom stereocenters. The summed E-state index contributed by atoms with van der Waals surface area (Å²) in [5.41, 5.74) is 1.44. The lowest BCUT2D eigenvalue weighted by Crippen LogP contribution is -2.30. The summed E-state index contributed by atoms with van der Waals surface area (Å²) in [7, 11) is 1.81. The summed E-state index contributed by atoms with van der Waals surface area (Å²) in [4.78, 5) is 15.8. The molecule has 1 aliphatic heterocycles. The molecular formula is C17H21IN2O3S. The van der Waals surface area contributed by atoms with Crippen molar-refractivity contribution in [2.24, 2.45) is 0 Å². The maximum absolute atomic E-state index is 12.5. The molecule has 2 rings (SSSR count). The van der Waals surface area contributed by atoms with Crippen molar-refractivity contribution < 1.29 is 14.3 Å². The van der Waals surface area contributed by atoms with Crippen molar-refractivity contribution in [1.82, 2.24) is 9.80 Å². The normalized spacial score (nSPS) is 16.3. The number of nitrogens with zero attached hydrogens (tertiary/aromatic N) is 2. The molecular weight excluding hydrogens is 439 g/mol. The molecule has 0 N–H and O–H groups in total. The first-order valence-electron chi connectivity index (χ1n) is 7.84. The Morgan fingerprint density at radius 2 is 1.88 bits per heavy atom. The molecule has 1 amide bonds. The third-order valence-electron chi connectivity index (χ3n) is 3.58. The van der Waals surface area contributed by atoms with Gasteiger partial charge >= 0.3 is 0 Å². The van der Waals surface area contributed by atoms with E-state index in [1.807, 2.05) is 46.0 Å². The van der Waals surface area contributed by atoms with Crippen LogP contribution in [-0.2, 0) is 4.79 Å². The zero-order valence-corrected chi connectivity index (χ0v) is 17.2. The molecule has 5 nitrogen and oxygen atoms in total. The van der Waals surface area contributed by atoms with Crippen molar-refractivity contribution in [2.45, 2.75) is 20.8 Å². The van der Waals surface area contributed by atoms with Crippen molar-refractivity contribution in [3.05, 3.63) is 27.0 Å². The van der Waals surface area contributed by atoms with Crippen LogP contribution in [0.5, 0.6) is 11.5 Å². The first-order chi connectivity index (χ1) is 11.4. The van der Waals surface area contributed by atoms with Crippen LogP contribution in [0.3, 0.4) is 0 Å². The van der Waals surface area contributed by atoms with E-state index in [9.17, 15) is 4.79 Å². The van der Waals surface area contributed by atoms with Crippen LogP contribution in [0.25, 0.3) is 6.08 Å². The van der Waals surface area contributed by atoms with Gasteiger partial charge in [-0.1, -0.05) is 0 Å². The maximum atomic E-state index is 12.5. The highest BCUT2D eigenvalue weighted by molar-refractivity contribution is 14.1. The predicted octanol–water partition coefficient (Wildman–Crippen LogP) is 3.51. The van der Waals surface area contributed by atoms with Gasteiger partial charge in [-0.15, -0.1) is 0 Å². The average Bonchev–Trinajstić information content (AvgIpc) is 2.74. The van der Waals surface area contributed by atoms with Crippen LogP contribution in [-0.4, -0.2) is 47.6 Å². The second kappa shape index (κ2) is 8.15. The number of carbonyl (C=O) groups is 1. The van der Waals surface area contributed by atoms with Gasteiger partial charge in [-0.25, -0.2) is 0 Å². The standard InChI is InChI=1S/C17H21IN2O3S/c1-5-20-16(21)13(19(4)17(20)24)9-11-8-12(18)15(23-7-3)14(10-11)22-6-2/h8-10H,5-7H2,1-4H3/b13-9-. The Bertz CT molecular complexity index is 691. The van der Waals surface area contributed by atoms with Crippen LogP contribution >= 0.6 is 34.8 Å². The van der Waals surface area contributed by atoms with Crippen molar-refractivity contribution in [3.8, 4) is 11.5 Å². The van der Waals surface area contributed by atoms with E-state index in [1.54, 1.807) is 9.80 Å². The molecule has 1 saturated heterocycles. The number of hydrogen-bond donors (Lipinski definition) is 0. The number of hydrogen-bond acceptors (Lipinski definition) is 4. The van der Waals surface area contributed by atoms with Gasteiger partial charge in [-0.05, 0) is 79.4 Å². The molecule has 1 aromatic carbocycles. The fourth-order valence-corrected chi connectivity index (χ4v) is 3.56. The SMILES string of the molecule is CCOc1cc(/C=C2/C(=O)N(CC)C(=S)N2C)cc(I)c1OCC. The third-order valence-corrected chi connectivity index (χ3v) is 4.88. The van der Waals surface area contributed by atoms with Crippen LogP contribution in [0, 0.1) is 3.57 Å². The van der Waals surface area contributed by atoms with Crippen LogP contribution in [0.1, 0.15) is 26.3 Å². The first kappa shape index (κ1) is 19.0. The summed E-state index contributed by atoms with van der Waals surface area (Å²) in [5.74, 6) is 1.34. The smallest absolute Gasteiger partial charge is 0.276 e. The zero-order chi connectivity index (χ0) is 17.9. The minimum Gasteiger partial charge on any atom is -0.490 e. The zero-order valence-electron chi connectivity index (χ0n) is 14.3. The molecule has 1 fully saturated rings. The van der Waals surface area contributed by atoms with Gasteiger partial charge in [-0.2, -0.15) is 0 Å². The molecule has 0 aliphatic carbocycles. The number of rotatable bonds is 6. The number of halogens is 1. The van der Waals surface area contributed by atoms with Crippen molar-refractivity contribution in [2.75, 3.05) is 26.8 Å². The highest BCUT2D eigenvalue weighted by atomic mass is 127. The Morgan fingerprint density at radius 1 is 1.21 bits per heavy atom. The lowest BCUT2D eigenvalue weighted by Gasteiger charge is -2.15. The van der Waals surface area contributed by atoms with Gasteiger partial charge in [0.25, 0.3) is 5.91 Å². The molecule has 0 unspecified atom stereocenters. The third kappa shape index (κ3) is 3.66. The number of ether oxygens (including phenoxy) is 2. The second-order valence-corrected chi connectivity index (χ2v) is 6.64. The topological polar surface area (TPSA) is 42.0 Å². The van der Waals surface area contributed by atoms with Crippen LogP contribution in [0.2, 0.25) is 0 Å². The highest BCUT2D eigenvalue weighted by Crippen LogP contribution is 2.35. The maximum Gasteiger partial charge on any atom is 0.276 e. The van der Waals surface area contributed by atoms with E-state index in [0.717, 1.165) is 14.9 Å². The summed E-state index contributed by atoms with van der Waals surface area (Å²) in [5, 5.41) is 0.527. The lowest BCUT2D eigenvalue weighted by molar-refractivity contribution is -0.122. The molecule has 0 aromatic heterocycles. The molecule has 0 spiro atoms. The fourth-order valence-electron chi connectivity index (χ4n) is 2.47. The summed E-state index contributed by atoms with van der Waals surface area (Å²) < 4.78 is 12.3. The van der Waals surface area contributed by atoms with E-state index in [2.05, 4.69) is 22.6 Å². The number of carbonyl (C=O) groups excluding carboxylic acids is 1. The van der Waals surface area contributed by atoms with E-state index in [1.165, 1.54) is 0 Å². The fraction of sp³-hybridized carbons (Fsp3) is 0.412. The number of thiocarbonyl (C=S) groups is 1. The van der Waals surface area contributed by atoms with E-state index >= 15 is 0 Å². The van der Waals surface area contributed by atoms with E-state index in [0.29, 0.717) is 36.3 Å². The molecule has 130 valence electrons. The van der Waals surface area contributed by atoms with Crippen molar-refractivity contribution in [3.63, 3.8) is 0 Å². The Hall–Kier alpha value is -1.35. The highest BCUT2D eigenvalue weighted by Gasteiger charge is 2.34. The van der Waals surface area contributed by atoms with Crippen molar-refractivity contribution >= 4 is 51.9 Å². The van der Waals surface area contributed by atoms with Crippen LogP contribution < -0.4 is 9.47 Å². The molecule has 1 aliphatic rings. The van der Waals surface area contributed by atoms with Gasteiger partial charge in [0.1, 0.15) is 5.70 Å². The monoisotopic (exact) mass is 460 g/mol. The van der Waals surface area contributed by atoms with Crippen molar-refractivity contribution in [1.29, 1.82) is 0 Å². The molecule has 7 heteroatoms. The Labute approximate surface area is 161 Å². The lowest BCUT2D eigenvalue weighted by atomic mass is 10.1. The molecule has 1 aromatic rings. The summed E-state index contributed by atoms with van der Waals surface area (Å²) in [6.07, 6.45) is 1.84. The van der Waals surface area contributed by atoms with E-state index < -0.39 is 0 Å². The van der Waals surface area contributed by atoms with Gasteiger partial charge in [0, 0.05) is 13.6 Å². The van der Waals surface area contributed by atoms with Gasteiger partial charge in [0.05, 0.1) is 16.8 Å². The summed E-state index contributed by atoms with van der Waals surface area (Å²) in [6, 6.07) is 3.86. The number of benzene rings is 1. The molecule has 0 saturated carbocycles. The predicted molar refractivity (Wildman–Crippen MR) is 107 cm³/mol. The van der Waals surface area contributed by atoms with E-state index in [4.69, 9.17) is 21.7 Å². The van der Waals surface area contributed by atoms with Gasteiger partial charge < -0.3 is 14.4 Å². The molecule has 24 heavy (non-hydrogen) atoms. The Kier molecular flexibility index (Phi) is 6.45. The first-order valence-corrected chi connectivity index (χ1v) is 9.33. The van der Waals surface area contributed by atoms with Gasteiger partial charge in [0.15, 0.2) is 16.6 Å². The summed E-state index contributed by atoms with van der Waals surface area (Å²) >= 11 is 7.54. The molecule has 0 bridgehead atoms. The molecule has 0 radical (unpaired) electrons. The minimum atomic E-state index is -0.0770. The van der Waals surface area contributed by atoms with Crippen LogP contribution in [0.4, 0.5) is 0 Å². The second-order valence-electron chi connectivity index (χ2n) is 5.12. The number of likely N-dealkylation sites (N-methyl/N-ethyl adjacent to an activating group) is 2. The van der Waals surface area contributed by atoms with Crippen LogP contribution in [0.15, 0.2) is 17.8 Å². The quantitative estimate of drug-likeness (QED) is 0.369. The van der Waals surface area contributed by atoms with E-state index in [-0.39, 0.29) is 5.91 Å². The Morgan fingerprint density at radius 3 is 2.42 bits per heavy atom. The summed E-state index contributed by atoms with van der Waals surface area (Å²) in [6.45, 7) is 7.45. The minimum absolute atomic E-state index is 0.0770. The Balaban J connectivity index is 2.46. The van der Waals surface area contributed by atoms with Gasteiger partial charge in [0.2, 0.25) is 0 Å².